The first-order chi connectivity index (χ1) is 13.0. The summed E-state index contributed by atoms with van der Waals surface area (Å²) < 4.78 is 10.5. The van der Waals surface area contributed by atoms with Gasteiger partial charge in [0.05, 0.1) is 19.9 Å². The number of nitrogens with one attached hydrogen (secondary N) is 1. The van der Waals surface area contributed by atoms with Crippen LogP contribution in [0.1, 0.15) is 25.0 Å². The summed E-state index contributed by atoms with van der Waals surface area (Å²) in [5, 5.41) is 7.62. The molecular formula is C20H21N3O4. The monoisotopic (exact) mass is 367 g/mol. The van der Waals surface area contributed by atoms with Crippen LogP contribution in [-0.4, -0.2) is 36.9 Å². The second-order valence-corrected chi connectivity index (χ2v) is 6.15. The van der Waals surface area contributed by atoms with Crippen molar-refractivity contribution >= 4 is 18.2 Å². The van der Waals surface area contributed by atoms with Crippen LogP contribution in [0.25, 0.3) is 0 Å². The van der Waals surface area contributed by atoms with E-state index in [9.17, 15) is 9.59 Å². The second-order valence-electron chi connectivity index (χ2n) is 6.15. The van der Waals surface area contributed by atoms with Gasteiger partial charge in [0, 0.05) is 0 Å². The highest BCUT2D eigenvalue weighted by molar-refractivity contribution is 6.07. The fourth-order valence-electron chi connectivity index (χ4n) is 2.79. The number of nitrogens with zero attached hydrogens (tertiary/aromatic N) is 2. The number of benzene rings is 2. The summed E-state index contributed by atoms with van der Waals surface area (Å²) in [5.41, 5.74) is 0.219. The lowest BCUT2D eigenvalue weighted by Crippen LogP contribution is -2.40. The highest BCUT2D eigenvalue weighted by Gasteiger charge is 2.49. The van der Waals surface area contributed by atoms with Crippen LogP contribution < -0.4 is 14.8 Å². The van der Waals surface area contributed by atoms with Crippen LogP contribution in [0.15, 0.2) is 53.6 Å². The van der Waals surface area contributed by atoms with E-state index in [1.165, 1.54) is 6.21 Å². The number of hydrogen-bond donors (Lipinski definition) is 1. The molecule has 1 heterocycles. The predicted molar refractivity (Wildman–Crippen MR) is 101 cm³/mol. The Morgan fingerprint density at radius 1 is 1.07 bits per heavy atom. The lowest BCUT2D eigenvalue weighted by atomic mass is 9.92. The van der Waals surface area contributed by atoms with Gasteiger partial charge in [-0.25, -0.2) is 4.79 Å². The summed E-state index contributed by atoms with van der Waals surface area (Å²) in [4.78, 5) is 25.1. The van der Waals surface area contributed by atoms with Crippen LogP contribution in [0, 0.1) is 0 Å². The van der Waals surface area contributed by atoms with Crippen LogP contribution in [0.2, 0.25) is 0 Å². The van der Waals surface area contributed by atoms with Gasteiger partial charge in [-0.2, -0.15) is 5.10 Å². The van der Waals surface area contributed by atoms with Crippen LogP contribution >= 0.6 is 0 Å². The molecule has 1 atom stereocenters. The average Bonchev–Trinajstić information content (AvgIpc) is 2.91. The van der Waals surface area contributed by atoms with Gasteiger partial charge in [0.15, 0.2) is 0 Å². The Bertz CT molecular complexity index is 862. The van der Waals surface area contributed by atoms with Crippen molar-refractivity contribution in [3.8, 4) is 11.5 Å². The molecule has 0 aromatic heterocycles. The standard InChI is InChI=1S/C20H21N3O4/c1-4-27-17-9-5-14(6-10-17)13-21-23-18(24)20(2,22-19(23)25)15-7-11-16(26-3)12-8-15/h5-13H,4H2,1-3H3,(H,22,25)/b21-13+. The van der Waals surface area contributed by atoms with E-state index in [-0.39, 0.29) is 0 Å². The maximum atomic E-state index is 12.8. The molecule has 7 heteroatoms. The number of imide groups is 1. The highest BCUT2D eigenvalue weighted by atomic mass is 16.5. The first kappa shape index (κ1) is 18.4. The number of ether oxygens (including phenoxy) is 2. The Labute approximate surface area is 157 Å². The summed E-state index contributed by atoms with van der Waals surface area (Å²) in [5.74, 6) is 0.973. The smallest absolute Gasteiger partial charge is 0.346 e. The van der Waals surface area contributed by atoms with Crippen molar-refractivity contribution in [1.29, 1.82) is 0 Å². The van der Waals surface area contributed by atoms with Crippen molar-refractivity contribution in [2.75, 3.05) is 13.7 Å². The quantitative estimate of drug-likeness (QED) is 0.629. The molecule has 0 saturated carbocycles. The summed E-state index contributed by atoms with van der Waals surface area (Å²) in [6.07, 6.45) is 1.47. The molecule has 7 nitrogen and oxygen atoms in total. The number of carbonyl (C=O) groups is 2. The Balaban J connectivity index is 1.78. The molecule has 1 aliphatic heterocycles. The lowest BCUT2D eigenvalue weighted by Gasteiger charge is -2.21. The van der Waals surface area contributed by atoms with Crippen molar-refractivity contribution in [2.45, 2.75) is 19.4 Å². The number of carbonyl (C=O) groups excluding carboxylic acids is 2. The minimum Gasteiger partial charge on any atom is -0.497 e. The third-order valence-electron chi connectivity index (χ3n) is 4.35. The van der Waals surface area contributed by atoms with Crippen molar-refractivity contribution in [2.24, 2.45) is 5.10 Å². The van der Waals surface area contributed by atoms with Crippen LogP contribution in [-0.2, 0) is 10.3 Å². The van der Waals surface area contributed by atoms with Crippen LogP contribution in [0.3, 0.4) is 0 Å². The molecule has 3 rings (SSSR count). The Hall–Kier alpha value is -3.35. The molecule has 0 bridgehead atoms. The van der Waals surface area contributed by atoms with E-state index in [1.807, 2.05) is 6.92 Å². The first-order valence-corrected chi connectivity index (χ1v) is 8.56. The third-order valence-corrected chi connectivity index (χ3v) is 4.35. The van der Waals surface area contributed by atoms with Gasteiger partial charge in [-0.3, -0.25) is 4.79 Å². The third kappa shape index (κ3) is 3.62. The van der Waals surface area contributed by atoms with Crippen molar-refractivity contribution in [3.63, 3.8) is 0 Å². The van der Waals surface area contributed by atoms with Gasteiger partial charge in [0.25, 0.3) is 5.91 Å². The molecule has 1 saturated heterocycles. The van der Waals surface area contributed by atoms with E-state index in [2.05, 4.69) is 10.4 Å². The minimum absolute atomic E-state index is 0.445. The summed E-state index contributed by atoms with van der Waals surface area (Å²) in [6.45, 7) is 4.15. The Kier molecular flexibility index (Phi) is 5.12. The van der Waals surface area contributed by atoms with Crippen LogP contribution in [0.5, 0.6) is 11.5 Å². The van der Waals surface area contributed by atoms with Gasteiger partial charge in [0.1, 0.15) is 17.0 Å². The van der Waals surface area contributed by atoms with E-state index >= 15 is 0 Å². The Morgan fingerprint density at radius 3 is 2.30 bits per heavy atom. The number of methoxy groups -OCH3 is 1. The van der Waals surface area contributed by atoms with E-state index in [0.717, 1.165) is 16.3 Å². The molecule has 1 fully saturated rings. The molecular weight excluding hydrogens is 346 g/mol. The van der Waals surface area contributed by atoms with Crippen molar-refractivity contribution < 1.29 is 19.1 Å². The summed E-state index contributed by atoms with van der Waals surface area (Å²) >= 11 is 0. The lowest BCUT2D eigenvalue weighted by molar-refractivity contribution is -0.131. The van der Waals surface area contributed by atoms with E-state index < -0.39 is 17.5 Å². The number of rotatable bonds is 6. The minimum atomic E-state index is -1.18. The van der Waals surface area contributed by atoms with E-state index in [1.54, 1.807) is 62.6 Å². The summed E-state index contributed by atoms with van der Waals surface area (Å²) in [7, 11) is 1.57. The molecule has 2 aromatic carbocycles. The predicted octanol–water partition coefficient (Wildman–Crippen LogP) is 2.90. The van der Waals surface area contributed by atoms with Gasteiger partial charge in [0.2, 0.25) is 0 Å². The normalized spacial score (nSPS) is 19.4. The van der Waals surface area contributed by atoms with Gasteiger partial charge in [-0.1, -0.05) is 12.1 Å². The second kappa shape index (κ2) is 7.49. The molecule has 0 radical (unpaired) electrons. The van der Waals surface area contributed by atoms with Gasteiger partial charge in [-0.15, -0.1) is 5.01 Å². The fourth-order valence-corrected chi connectivity index (χ4v) is 2.79. The number of amides is 3. The van der Waals surface area contributed by atoms with Gasteiger partial charge < -0.3 is 14.8 Å². The fraction of sp³-hybridized carbons (Fsp3) is 0.250. The summed E-state index contributed by atoms with van der Waals surface area (Å²) in [6, 6.07) is 13.6. The molecule has 3 amide bonds. The molecule has 1 unspecified atom stereocenters. The van der Waals surface area contributed by atoms with E-state index in [0.29, 0.717) is 17.9 Å². The maximum Gasteiger partial charge on any atom is 0.346 e. The first-order valence-electron chi connectivity index (χ1n) is 8.56. The maximum absolute atomic E-state index is 12.8. The molecule has 0 spiro atoms. The zero-order chi connectivity index (χ0) is 19.4. The van der Waals surface area contributed by atoms with E-state index in [4.69, 9.17) is 9.47 Å². The number of hydrogen-bond acceptors (Lipinski definition) is 5. The average molecular weight is 367 g/mol. The molecule has 140 valence electrons. The van der Waals surface area contributed by atoms with Gasteiger partial charge in [-0.05, 0) is 61.4 Å². The zero-order valence-electron chi connectivity index (χ0n) is 15.4. The number of hydrazone groups is 1. The molecule has 1 aliphatic rings. The zero-order valence-corrected chi connectivity index (χ0v) is 15.4. The Morgan fingerprint density at radius 2 is 1.70 bits per heavy atom. The highest BCUT2D eigenvalue weighted by Crippen LogP contribution is 2.30. The molecule has 0 aliphatic carbocycles. The molecule has 27 heavy (non-hydrogen) atoms. The largest absolute Gasteiger partial charge is 0.497 e. The van der Waals surface area contributed by atoms with Gasteiger partial charge >= 0.3 is 6.03 Å². The SMILES string of the molecule is CCOc1ccc(/C=N/N2C(=O)NC(C)(c3ccc(OC)cc3)C2=O)cc1. The van der Waals surface area contributed by atoms with Crippen molar-refractivity contribution in [3.05, 3.63) is 59.7 Å². The van der Waals surface area contributed by atoms with Crippen LogP contribution in [0.4, 0.5) is 4.79 Å². The molecule has 2 aromatic rings. The van der Waals surface area contributed by atoms with Crippen molar-refractivity contribution in [1.82, 2.24) is 10.3 Å². The topological polar surface area (TPSA) is 80.2 Å². The number of urea groups is 1. The molecule has 1 N–H and O–H groups in total.